The van der Waals surface area contributed by atoms with Gasteiger partial charge in [-0.05, 0) is 34.3 Å². The summed E-state index contributed by atoms with van der Waals surface area (Å²) in [6, 6.07) is 9.69. The Morgan fingerprint density at radius 1 is 1.23 bits per heavy atom. The Morgan fingerprint density at radius 3 is 2.73 bits per heavy atom. The molecule has 0 radical (unpaired) electrons. The molecule has 2 aromatic heterocycles. The lowest BCUT2D eigenvalue weighted by molar-refractivity contribution is 0.437. The molecule has 0 atom stereocenters. The number of hydrogen-bond donors (Lipinski definition) is 2. The number of amidine groups is 1. The van der Waals surface area contributed by atoms with Crippen LogP contribution >= 0.6 is 15.9 Å². The van der Waals surface area contributed by atoms with Crippen LogP contribution in [0.2, 0.25) is 0 Å². The van der Waals surface area contributed by atoms with Crippen LogP contribution in [0.15, 0.2) is 56.2 Å². The maximum Gasteiger partial charge on any atom is 0.172 e. The Hall–Kier alpha value is -3.07. The third kappa shape index (κ3) is 4.40. The summed E-state index contributed by atoms with van der Waals surface area (Å²) >= 11 is 3.56. The van der Waals surface area contributed by atoms with Crippen LogP contribution < -0.4 is 11.3 Å². The zero-order valence-electron chi connectivity index (χ0n) is 16.5. The van der Waals surface area contributed by atoms with E-state index in [2.05, 4.69) is 49.6 Å². The summed E-state index contributed by atoms with van der Waals surface area (Å²) in [5.74, 6) is 1.58. The first-order chi connectivity index (χ1) is 14.7. The van der Waals surface area contributed by atoms with Crippen LogP contribution in [0.4, 0.5) is 5.82 Å². The number of rotatable bonds is 6. The Morgan fingerprint density at radius 2 is 2.00 bits per heavy atom. The van der Waals surface area contributed by atoms with Crippen molar-refractivity contribution in [1.82, 2.24) is 20.1 Å². The molecule has 9 heteroatoms. The number of aliphatic imine (C=N–C) groups is 1. The van der Waals surface area contributed by atoms with Crippen molar-refractivity contribution in [2.24, 2.45) is 20.9 Å². The van der Waals surface area contributed by atoms with Gasteiger partial charge in [-0.15, -0.1) is 5.10 Å². The van der Waals surface area contributed by atoms with Gasteiger partial charge in [0.25, 0.3) is 0 Å². The molecule has 0 amide bonds. The van der Waals surface area contributed by atoms with E-state index in [4.69, 9.17) is 15.7 Å². The SMILES string of the molecule is C=NN/N=C(\N)c1ccc(C=Nc2cc(C3CCCCC3)nc3c(Br)cnn23)cc1. The third-order valence-electron chi connectivity index (χ3n) is 5.25. The quantitative estimate of drug-likeness (QED) is 0.323. The molecule has 30 heavy (non-hydrogen) atoms. The van der Waals surface area contributed by atoms with Gasteiger partial charge in [0.05, 0.1) is 10.7 Å². The van der Waals surface area contributed by atoms with Crippen molar-refractivity contribution in [3.8, 4) is 0 Å². The molecule has 8 nitrogen and oxygen atoms in total. The van der Waals surface area contributed by atoms with Crippen LogP contribution in [0.1, 0.15) is 54.8 Å². The van der Waals surface area contributed by atoms with E-state index in [9.17, 15) is 0 Å². The minimum Gasteiger partial charge on any atom is -0.382 e. The molecular weight excluding hydrogens is 444 g/mol. The maximum atomic E-state index is 5.89. The lowest BCUT2D eigenvalue weighted by Gasteiger charge is -2.21. The molecule has 1 fully saturated rings. The van der Waals surface area contributed by atoms with Crippen LogP contribution in [-0.2, 0) is 0 Å². The predicted octanol–water partition coefficient (Wildman–Crippen LogP) is 4.12. The minimum atomic E-state index is 0.334. The fraction of sp³-hybridized carbons (Fsp3) is 0.286. The van der Waals surface area contributed by atoms with Gasteiger partial charge < -0.3 is 5.73 Å². The smallest absolute Gasteiger partial charge is 0.172 e. The van der Waals surface area contributed by atoms with Gasteiger partial charge in [-0.25, -0.2) is 9.98 Å². The van der Waals surface area contributed by atoms with E-state index in [-0.39, 0.29) is 0 Å². The monoisotopic (exact) mass is 466 g/mol. The Bertz CT molecular complexity index is 1090. The summed E-state index contributed by atoms with van der Waals surface area (Å²) in [6.07, 6.45) is 9.76. The first-order valence-corrected chi connectivity index (χ1v) is 10.7. The standard InChI is InChI=1S/C21H23BrN8/c1-24-29-28-20(23)16-9-7-14(8-10-16)12-25-19-11-18(15-5-3-2-4-6-15)27-21-17(22)13-26-30(19)21/h7-13,15,29H,1-6H2,(H2,23,28). The summed E-state index contributed by atoms with van der Waals surface area (Å²) < 4.78 is 2.64. The van der Waals surface area contributed by atoms with Crippen molar-refractivity contribution in [2.45, 2.75) is 38.0 Å². The first kappa shape index (κ1) is 20.2. The van der Waals surface area contributed by atoms with Crippen LogP contribution in [0.5, 0.6) is 0 Å². The van der Waals surface area contributed by atoms with Crippen LogP contribution in [0.3, 0.4) is 0 Å². The summed E-state index contributed by atoms with van der Waals surface area (Å²) in [7, 11) is 0. The highest BCUT2D eigenvalue weighted by Crippen LogP contribution is 2.34. The van der Waals surface area contributed by atoms with E-state index < -0.39 is 0 Å². The summed E-state index contributed by atoms with van der Waals surface area (Å²) in [5, 5.41) is 11.8. The van der Waals surface area contributed by atoms with Gasteiger partial charge in [-0.2, -0.15) is 20.3 Å². The number of nitrogens with zero attached hydrogens (tertiary/aromatic N) is 6. The van der Waals surface area contributed by atoms with Crippen molar-refractivity contribution >= 4 is 46.2 Å². The van der Waals surface area contributed by atoms with Crippen LogP contribution in [0, 0.1) is 0 Å². The van der Waals surface area contributed by atoms with Gasteiger partial charge in [0.15, 0.2) is 17.3 Å². The number of halogens is 1. The average Bonchev–Trinajstić information content (AvgIpc) is 3.17. The average molecular weight is 467 g/mol. The number of hydrazone groups is 2. The molecule has 3 N–H and O–H groups in total. The van der Waals surface area contributed by atoms with E-state index in [1.807, 2.05) is 30.5 Å². The zero-order valence-corrected chi connectivity index (χ0v) is 18.1. The fourth-order valence-corrected chi connectivity index (χ4v) is 4.02. The van der Waals surface area contributed by atoms with Gasteiger partial charge in [0.1, 0.15) is 0 Å². The van der Waals surface area contributed by atoms with Crippen molar-refractivity contribution in [3.63, 3.8) is 0 Å². The zero-order chi connectivity index (χ0) is 20.9. The molecule has 0 unspecified atom stereocenters. The van der Waals surface area contributed by atoms with E-state index in [0.29, 0.717) is 11.8 Å². The summed E-state index contributed by atoms with van der Waals surface area (Å²) in [6.45, 7) is 3.30. The largest absolute Gasteiger partial charge is 0.382 e. The normalized spacial score (nSPS) is 15.7. The van der Waals surface area contributed by atoms with Crippen LogP contribution in [0.25, 0.3) is 5.65 Å². The molecule has 0 bridgehead atoms. The van der Waals surface area contributed by atoms with Crippen molar-refractivity contribution in [3.05, 3.63) is 57.8 Å². The number of benzene rings is 1. The molecule has 1 aromatic carbocycles. The summed E-state index contributed by atoms with van der Waals surface area (Å²) in [4.78, 5) is 9.58. The number of fused-ring (bicyclic) bond motifs is 1. The first-order valence-electron chi connectivity index (χ1n) is 9.88. The van der Waals surface area contributed by atoms with Gasteiger partial charge in [0, 0.05) is 36.2 Å². The van der Waals surface area contributed by atoms with E-state index in [1.54, 1.807) is 10.7 Å². The summed E-state index contributed by atoms with van der Waals surface area (Å²) in [5.41, 5.74) is 11.9. The second-order valence-corrected chi connectivity index (χ2v) is 8.09. The fourth-order valence-electron chi connectivity index (χ4n) is 3.67. The number of nitrogens with two attached hydrogens (primary N) is 1. The van der Waals surface area contributed by atoms with E-state index in [1.165, 1.54) is 32.1 Å². The van der Waals surface area contributed by atoms with Crippen molar-refractivity contribution in [1.29, 1.82) is 0 Å². The second kappa shape index (κ2) is 9.17. The molecule has 0 saturated heterocycles. The molecule has 1 saturated carbocycles. The molecule has 1 aliphatic rings. The molecule has 0 spiro atoms. The number of aromatic nitrogens is 3. The minimum absolute atomic E-state index is 0.334. The topological polar surface area (TPSA) is 105 Å². The molecule has 154 valence electrons. The van der Waals surface area contributed by atoms with Crippen molar-refractivity contribution < 1.29 is 0 Å². The lowest BCUT2D eigenvalue weighted by Crippen LogP contribution is -2.16. The van der Waals surface area contributed by atoms with Crippen molar-refractivity contribution in [2.75, 3.05) is 0 Å². The van der Waals surface area contributed by atoms with Crippen LogP contribution in [-0.4, -0.2) is 33.4 Å². The Labute approximate surface area is 183 Å². The van der Waals surface area contributed by atoms with Gasteiger partial charge in [-0.1, -0.05) is 43.5 Å². The van der Waals surface area contributed by atoms with Gasteiger partial charge >= 0.3 is 0 Å². The molecule has 4 rings (SSSR count). The van der Waals surface area contributed by atoms with E-state index in [0.717, 1.165) is 32.8 Å². The Kier molecular flexibility index (Phi) is 6.18. The number of hydrogen-bond acceptors (Lipinski definition) is 6. The molecule has 1 aliphatic carbocycles. The Balaban J connectivity index is 1.62. The van der Waals surface area contributed by atoms with E-state index >= 15 is 0 Å². The maximum absolute atomic E-state index is 5.89. The second-order valence-electron chi connectivity index (χ2n) is 7.24. The van der Waals surface area contributed by atoms with Gasteiger partial charge in [-0.3, -0.25) is 0 Å². The highest BCUT2D eigenvalue weighted by atomic mass is 79.9. The number of nitrogens with one attached hydrogen (secondary N) is 1. The molecule has 0 aliphatic heterocycles. The third-order valence-corrected chi connectivity index (χ3v) is 5.81. The molecule has 3 aromatic rings. The van der Waals surface area contributed by atoms with Gasteiger partial charge in [0.2, 0.25) is 0 Å². The lowest BCUT2D eigenvalue weighted by atomic mass is 9.87. The predicted molar refractivity (Wildman–Crippen MR) is 124 cm³/mol. The highest BCUT2D eigenvalue weighted by molar-refractivity contribution is 9.10. The molecule has 2 heterocycles. The molecular formula is C21H23BrN8. The highest BCUT2D eigenvalue weighted by Gasteiger charge is 2.19.